The van der Waals surface area contributed by atoms with Crippen LogP contribution >= 0.6 is 11.6 Å². The molecule has 0 spiro atoms. The molecule has 0 unspecified atom stereocenters. The molecule has 0 aliphatic rings. The van der Waals surface area contributed by atoms with Crippen LogP contribution < -0.4 is 5.32 Å². The molecule has 0 saturated carbocycles. The second kappa shape index (κ2) is 9.61. The van der Waals surface area contributed by atoms with Crippen molar-refractivity contribution in [3.05, 3.63) is 68.9 Å². The number of aromatic nitrogens is 1. The molecule has 0 saturated heterocycles. The predicted octanol–water partition coefficient (Wildman–Crippen LogP) is 5.28. The van der Waals surface area contributed by atoms with Crippen LogP contribution in [0.3, 0.4) is 0 Å². The van der Waals surface area contributed by atoms with Crippen molar-refractivity contribution in [1.82, 2.24) is 4.98 Å². The monoisotopic (exact) mass is 457 g/mol. The van der Waals surface area contributed by atoms with E-state index in [-0.39, 0.29) is 34.5 Å². The fraction of sp³-hybridized carbons (Fsp3) is 0.227. The molecule has 0 fully saturated rings. The summed E-state index contributed by atoms with van der Waals surface area (Å²) >= 11 is 6.23. The van der Waals surface area contributed by atoms with Gasteiger partial charge in [0.2, 0.25) is 0 Å². The summed E-state index contributed by atoms with van der Waals surface area (Å²) in [4.78, 5) is 39.7. The topological polar surface area (TPSA) is 121 Å². The number of nitro groups is 1. The van der Waals surface area contributed by atoms with Crippen LogP contribution in [0, 0.1) is 10.1 Å². The van der Waals surface area contributed by atoms with E-state index >= 15 is 0 Å². The van der Waals surface area contributed by atoms with Gasteiger partial charge in [-0.25, -0.2) is 9.59 Å². The molecule has 10 heteroatoms. The molecule has 1 N–H and O–H groups in total. The molecule has 0 radical (unpaired) electrons. The normalized spacial score (nSPS) is 10.8. The molecule has 1 heterocycles. The number of nitrogens with zero attached hydrogens (tertiary/aromatic N) is 2. The Morgan fingerprint density at radius 1 is 1.19 bits per heavy atom. The molecule has 32 heavy (non-hydrogen) atoms. The van der Waals surface area contributed by atoms with E-state index in [0.29, 0.717) is 22.3 Å². The Hall–Kier alpha value is -3.72. The maximum absolute atomic E-state index is 12.6. The van der Waals surface area contributed by atoms with E-state index < -0.39 is 16.9 Å². The number of nitro benzene ring substituents is 1. The Kier molecular flexibility index (Phi) is 6.89. The zero-order valence-electron chi connectivity index (χ0n) is 17.5. The fourth-order valence-electron chi connectivity index (χ4n) is 2.95. The van der Waals surface area contributed by atoms with Gasteiger partial charge in [0, 0.05) is 23.7 Å². The Bertz CT molecular complexity index is 1210. The van der Waals surface area contributed by atoms with Crippen molar-refractivity contribution in [2.24, 2.45) is 0 Å². The van der Waals surface area contributed by atoms with E-state index in [2.05, 4.69) is 10.3 Å². The molecule has 0 aliphatic heterocycles. The highest BCUT2D eigenvalue weighted by molar-refractivity contribution is 6.33. The molecule has 3 rings (SSSR count). The molecule has 2 aromatic carbocycles. The number of benzene rings is 2. The van der Waals surface area contributed by atoms with Gasteiger partial charge in [-0.3, -0.25) is 15.1 Å². The third-order valence-electron chi connectivity index (χ3n) is 4.36. The van der Waals surface area contributed by atoms with Crippen LogP contribution in [0.5, 0.6) is 0 Å². The lowest BCUT2D eigenvalue weighted by Gasteiger charge is -2.16. The average molecular weight is 458 g/mol. The second-order valence-electron chi connectivity index (χ2n) is 7.00. The third kappa shape index (κ3) is 4.94. The van der Waals surface area contributed by atoms with Crippen molar-refractivity contribution in [3.8, 4) is 0 Å². The van der Waals surface area contributed by atoms with E-state index in [9.17, 15) is 19.7 Å². The Morgan fingerprint density at radius 3 is 2.56 bits per heavy atom. The molecule has 9 nitrogen and oxygen atoms in total. The van der Waals surface area contributed by atoms with Crippen molar-refractivity contribution in [3.63, 3.8) is 0 Å². The summed E-state index contributed by atoms with van der Waals surface area (Å²) in [5.74, 6) is -1.15. The zero-order valence-corrected chi connectivity index (χ0v) is 18.3. The molecule has 0 aliphatic carbocycles. The van der Waals surface area contributed by atoms with Gasteiger partial charge >= 0.3 is 11.9 Å². The van der Waals surface area contributed by atoms with Gasteiger partial charge in [0.05, 0.1) is 45.1 Å². The van der Waals surface area contributed by atoms with Crippen molar-refractivity contribution in [1.29, 1.82) is 0 Å². The first-order valence-corrected chi connectivity index (χ1v) is 10.1. The molecule has 166 valence electrons. The maximum atomic E-state index is 12.6. The number of rotatable bonds is 7. The highest BCUT2D eigenvalue weighted by Gasteiger charge is 2.20. The van der Waals surface area contributed by atoms with Crippen molar-refractivity contribution < 1.29 is 24.0 Å². The highest BCUT2D eigenvalue weighted by atomic mass is 35.5. The lowest BCUT2D eigenvalue weighted by molar-refractivity contribution is -0.384. The number of esters is 2. The summed E-state index contributed by atoms with van der Waals surface area (Å²) in [6.07, 6.45) is 1.05. The van der Waals surface area contributed by atoms with Crippen LogP contribution in [0.4, 0.5) is 17.1 Å². The van der Waals surface area contributed by atoms with Crippen molar-refractivity contribution in [2.75, 3.05) is 11.9 Å². The van der Waals surface area contributed by atoms with E-state index in [1.165, 1.54) is 24.4 Å². The minimum Gasteiger partial charge on any atom is -0.462 e. The van der Waals surface area contributed by atoms with Crippen LogP contribution in [0.25, 0.3) is 10.9 Å². The largest absolute Gasteiger partial charge is 0.462 e. The smallest absolute Gasteiger partial charge is 0.341 e. The summed E-state index contributed by atoms with van der Waals surface area (Å²) in [5.41, 5.74) is 1.33. The number of hydrogen-bond acceptors (Lipinski definition) is 8. The number of nitrogens with one attached hydrogen (secondary N) is 1. The van der Waals surface area contributed by atoms with Crippen LogP contribution in [0.1, 0.15) is 41.5 Å². The average Bonchev–Trinajstić information content (AvgIpc) is 2.74. The van der Waals surface area contributed by atoms with Crippen molar-refractivity contribution >= 4 is 51.5 Å². The molecule has 0 atom stereocenters. The first-order chi connectivity index (χ1) is 15.2. The van der Waals surface area contributed by atoms with Gasteiger partial charge in [-0.15, -0.1) is 0 Å². The molecule has 3 aromatic rings. The first kappa shape index (κ1) is 23.0. The number of hydrogen-bond donors (Lipinski definition) is 1. The minimum absolute atomic E-state index is 0.0781. The molecule has 1 aromatic heterocycles. The SMILES string of the molecule is CCOC(=O)c1cnc2ccc(C(=O)OC(C)C)cc2c1Nc1ccc([N+](=O)[O-])cc1Cl. The van der Waals surface area contributed by atoms with Crippen LogP contribution in [-0.4, -0.2) is 34.6 Å². The van der Waals surface area contributed by atoms with Gasteiger partial charge in [-0.05, 0) is 45.0 Å². The van der Waals surface area contributed by atoms with Crippen LogP contribution in [0.15, 0.2) is 42.6 Å². The Morgan fingerprint density at radius 2 is 1.94 bits per heavy atom. The Labute approximate surface area is 188 Å². The third-order valence-corrected chi connectivity index (χ3v) is 4.68. The maximum Gasteiger partial charge on any atom is 0.341 e. The molecule has 0 bridgehead atoms. The molecular weight excluding hydrogens is 438 g/mol. The van der Waals surface area contributed by atoms with Gasteiger partial charge in [0.15, 0.2) is 0 Å². The molecular formula is C22H20ClN3O6. The number of carbonyl (C=O) groups is 2. The number of non-ortho nitro benzene ring substituents is 1. The van der Waals surface area contributed by atoms with E-state index in [1.807, 2.05) is 0 Å². The molecule has 0 amide bonds. The highest BCUT2D eigenvalue weighted by Crippen LogP contribution is 2.34. The van der Waals surface area contributed by atoms with E-state index in [1.54, 1.807) is 39.0 Å². The lowest BCUT2D eigenvalue weighted by atomic mass is 10.1. The van der Waals surface area contributed by atoms with Gasteiger partial charge in [0.25, 0.3) is 5.69 Å². The van der Waals surface area contributed by atoms with Gasteiger partial charge < -0.3 is 14.8 Å². The fourth-order valence-corrected chi connectivity index (χ4v) is 3.18. The number of halogens is 1. The standard InChI is InChI=1S/C22H20ClN3O6/c1-4-31-22(28)16-11-24-18-7-5-13(21(27)32-12(2)3)9-15(18)20(16)25-19-8-6-14(26(29)30)10-17(19)23/h5-12H,4H2,1-3H3,(H,24,25). The van der Waals surface area contributed by atoms with Gasteiger partial charge in [-0.1, -0.05) is 11.6 Å². The summed E-state index contributed by atoms with van der Waals surface area (Å²) in [7, 11) is 0. The van der Waals surface area contributed by atoms with E-state index in [0.717, 1.165) is 0 Å². The Balaban J connectivity index is 2.17. The second-order valence-corrected chi connectivity index (χ2v) is 7.41. The quantitative estimate of drug-likeness (QED) is 0.289. The number of fused-ring (bicyclic) bond motifs is 1. The number of carbonyl (C=O) groups excluding carboxylic acids is 2. The zero-order chi connectivity index (χ0) is 23.4. The summed E-state index contributed by atoms with van der Waals surface area (Å²) in [6.45, 7) is 5.30. The summed E-state index contributed by atoms with van der Waals surface area (Å²) in [6, 6.07) is 8.67. The van der Waals surface area contributed by atoms with Gasteiger partial charge in [0.1, 0.15) is 5.56 Å². The minimum atomic E-state index is -0.627. The first-order valence-electron chi connectivity index (χ1n) is 9.73. The van der Waals surface area contributed by atoms with E-state index in [4.69, 9.17) is 21.1 Å². The van der Waals surface area contributed by atoms with Crippen molar-refractivity contribution in [2.45, 2.75) is 26.9 Å². The summed E-state index contributed by atoms with van der Waals surface area (Å²) < 4.78 is 10.4. The van der Waals surface area contributed by atoms with Gasteiger partial charge in [-0.2, -0.15) is 0 Å². The predicted molar refractivity (Wildman–Crippen MR) is 120 cm³/mol. The van der Waals surface area contributed by atoms with Crippen LogP contribution in [0.2, 0.25) is 5.02 Å². The van der Waals surface area contributed by atoms with Crippen LogP contribution in [-0.2, 0) is 9.47 Å². The number of anilines is 2. The number of ether oxygens (including phenoxy) is 2. The lowest BCUT2D eigenvalue weighted by Crippen LogP contribution is -2.12. The number of pyridine rings is 1. The summed E-state index contributed by atoms with van der Waals surface area (Å²) in [5, 5.41) is 14.6.